The van der Waals surface area contributed by atoms with Crippen molar-refractivity contribution in [3.8, 4) is 28.0 Å². The first kappa shape index (κ1) is 10.3. The molecule has 90 valence electrons. The Hall–Kier alpha value is -2.68. The lowest BCUT2D eigenvalue weighted by Crippen LogP contribution is -1.78. The molecule has 1 N–H and O–H groups in total. The number of hydrogen-bond donors (Lipinski definition) is 1. The fraction of sp³-hybridized carbons (Fsp3) is 0. The zero-order chi connectivity index (χ0) is 13.0. The highest BCUT2D eigenvalue weighted by atomic mass is 16.3. The van der Waals surface area contributed by atoms with Crippen molar-refractivity contribution in [1.29, 1.82) is 0 Å². The molecule has 0 aliphatic heterocycles. The average Bonchev–Trinajstić information content (AvgIpc) is 2.78. The molecule has 3 nitrogen and oxygen atoms in total. The third-order valence-corrected chi connectivity index (χ3v) is 3.72. The van der Waals surface area contributed by atoms with Gasteiger partial charge < -0.3 is 5.11 Å². The van der Waals surface area contributed by atoms with Gasteiger partial charge in [0.25, 0.3) is 0 Å². The van der Waals surface area contributed by atoms with E-state index in [1.165, 1.54) is 0 Å². The van der Waals surface area contributed by atoms with Crippen LogP contribution in [-0.2, 0) is 0 Å². The molecule has 0 unspecified atom stereocenters. The number of phenols is 1. The van der Waals surface area contributed by atoms with Crippen LogP contribution in [0.2, 0.25) is 0 Å². The summed E-state index contributed by atoms with van der Waals surface area (Å²) in [5.74, 6) is -0.0385. The smallest absolute Gasteiger partial charge is 0.152 e. The van der Waals surface area contributed by atoms with Gasteiger partial charge in [-0.05, 0) is 33.5 Å². The number of benzene rings is 3. The molecular formula is C16H9NO2. The van der Waals surface area contributed by atoms with Crippen molar-refractivity contribution >= 4 is 16.5 Å². The molecule has 0 fully saturated rings. The van der Waals surface area contributed by atoms with E-state index in [4.69, 9.17) is 0 Å². The Bertz CT molecular complexity index is 853. The van der Waals surface area contributed by atoms with Crippen LogP contribution in [0.15, 0.2) is 53.7 Å². The van der Waals surface area contributed by atoms with Gasteiger partial charge in [0.1, 0.15) is 0 Å². The predicted molar refractivity (Wildman–Crippen MR) is 75.5 cm³/mol. The van der Waals surface area contributed by atoms with Gasteiger partial charge in [0.05, 0.1) is 0 Å². The normalized spacial score (nSPS) is 11.6. The van der Waals surface area contributed by atoms with Crippen LogP contribution in [0.5, 0.6) is 5.75 Å². The monoisotopic (exact) mass is 247 g/mol. The lowest BCUT2D eigenvalue weighted by atomic mass is 10.0. The molecule has 1 aliphatic carbocycles. The zero-order valence-corrected chi connectivity index (χ0v) is 9.92. The Balaban J connectivity index is 2.28. The lowest BCUT2D eigenvalue weighted by Gasteiger charge is -2.05. The number of hydrogen-bond acceptors (Lipinski definition) is 3. The van der Waals surface area contributed by atoms with Crippen LogP contribution in [-0.4, -0.2) is 5.11 Å². The highest BCUT2D eigenvalue weighted by molar-refractivity contribution is 6.18. The maximum Gasteiger partial charge on any atom is 0.152 e. The van der Waals surface area contributed by atoms with Crippen LogP contribution in [0.1, 0.15) is 0 Å². The molecule has 0 aromatic heterocycles. The molecule has 3 aromatic carbocycles. The third kappa shape index (κ3) is 1.16. The minimum atomic E-state index is -0.0385. The van der Waals surface area contributed by atoms with Gasteiger partial charge >= 0.3 is 0 Å². The van der Waals surface area contributed by atoms with E-state index < -0.39 is 0 Å². The Morgan fingerprint density at radius 2 is 1.53 bits per heavy atom. The summed E-state index contributed by atoms with van der Waals surface area (Å²) in [5.41, 5.74) is 4.37. The van der Waals surface area contributed by atoms with Crippen LogP contribution in [0, 0.1) is 4.91 Å². The molecule has 0 radical (unpaired) electrons. The van der Waals surface area contributed by atoms with Crippen molar-refractivity contribution in [2.45, 2.75) is 0 Å². The molecule has 0 bridgehead atoms. The average molecular weight is 247 g/mol. The standard InChI is InChI=1S/C16H9NO2/c18-16-12-7-3-6-11-9-4-1-2-5-10(9)13(15(11)12)8-14(16)17-19/h1-8,18H. The molecule has 0 heterocycles. The molecular weight excluding hydrogens is 238 g/mol. The molecule has 0 amide bonds. The molecule has 1 aliphatic rings. The summed E-state index contributed by atoms with van der Waals surface area (Å²) < 4.78 is 0. The topological polar surface area (TPSA) is 49.7 Å². The number of fused-ring (bicyclic) bond motifs is 3. The van der Waals surface area contributed by atoms with Crippen LogP contribution in [0.25, 0.3) is 33.0 Å². The summed E-state index contributed by atoms with van der Waals surface area (Å²) in [6.45, 7) is 0. The Labute approximate surface area is 109 Å². The van der Waals surface area contributed by atoms with Crippen LogP contribution in [0.4, 0.5) is 5.69 Å². The fourth-order valence-corrected chi connectivity index (χ4v) is 2.91. The van der Waals surface area contributed by atoms with E-state index in [2.05, 4.69) is 11.2 Å². The largest absolute Gasteiger partial charge is 0.505 e. The van der Waals surface area contributed by atoms with E-state index in [1.807, 2.05) is 36.4 Å². The highest BCUT2D eigenvalue weighted by Crippen LogP contribution is 2.51. The summed E-state index contributed by atoms with van der Waals surface area (Å²) in [6, 6.07) is 15.4. The van der Waals surface area contributed by atoms with Gasteiger partial charge in [0, 0.05) is 10.8 Å². The molecule has 0 atom stereocenters. The molecule has 3 aromatic rings. The van der Waals surface area contributed by atoms with E-state index in [9.17, 15) is 10.0 Å². The van der Waals surface area contributed by atoms with E-state index in [-0.39, 0.29) is 11.4 Å². The molecule has 0 spiro atoms. The van der Waals surface area contributed by atoms with Crippen molar-refractivity contribution in [3.05, 3.63) is 53.4 Å². The van der Waals surface area contributed by atoms with Crippen molar-refractivity contribution in [2.75, 3.05) is 0 Å². The summed E-state index contributed by atoms with van der Waals surface area (Å²) >= 11 is 0. The summed E-state index contributed by atoms with van der Waals surface area (Å²) in [6.07, 6.45) is 0. The quantitative estimate of drug-likeness (QED) is 0.500. The molecule has 19 heavy (non-hydrogen) atoms. The number of rotatable bonds is 1. The second-order valence-electron chi connectivity index (χ2n) is 4.66. The van der Waals surface area contributed by atoms with Crippen molar-refractivity contribution in [3.63, 3.8) is 0 Å². The van der Waals surface area contributed by atoms with E-state index in [1.54, 1.807) is 6.07 Å². The van der Waals surface area contributed by atoms with Gasteiger partial charge in [0.15, 0.2) is 11.4 Å². The lowest BCUT2D eigenvalue weighted by molar-refractivity contribution is 0.483. The van der Waals surface area contributed by atoms with Crippen LogP contribution < -0.4 is 0 Å². The molecule has 0 saturated carbocycles. The number of aromatic hydroxyl groups is 1. The van der Waals surface area contributed by atoms with Gasteiger partial charge in [0.2, 0.25) is 0 Å². The van der Waals surface area contributed by atoms with Gasteiger partial charge in [-0.15, -0.1) is 4.91 Å². The minimum absolute atomic E-state index is 0.0385. The van der Waals surface area contributed by atoms with Crippen LogP contribution >= 0.6 is 0 Å². The summed E-state index contributed by atoms with van der Waals surface area (Å²) in [7, 11) is 0. The summed E-state index contributed by atoms with van der Waals surface area (Å²) in [4.78, 5) is 10.9. The second-order valence-corrected chi connectivity index (χ2v) is 4.66. The Morgan fingerprint density at radius 3 is 2.26 bits per heavy atom. The fourth-order valence-electron chi connectivity index (χ4n) is 2.91. The summed E-state index contributed by atoms with van der Waals surface area (Å²) in [5, 5.41) is 14.7. The van der Waals surface area contributed by atoms with Crippen molar-refractivity contribution in [1.82, 2.24) is 0 Å². The van der Waals surface area contributed by atoms with Gasteiger partial charge in [-0.2, -0.15) is 0 Å². The Kier molecular flexibility index (Phi) is 1.85. The SMILES string of the molecule is O=Nc1cc2c3c(cccc3c1O)-c1ccccc1-2. The van der Waals surface area contributed by atoms with Gasteiger partial charge in [-0.25, -0.2) is 0 Å². The van der Waals surface area contributed by atoms with Crippen LogP contribution in [0.3, 0.4) is 0 Å². The molecule has 4 rings (SSSR count). The second kappa shape index (κ2) is 3.42. The first-order chi connectivity index (χ1) is 9.31. The highest BCUT2D eigenvalue weighted by Gasteiger charge is 2.23. The zero-order valence-electron chi connectivity index (χ0n) is 9.92. The van der Waals surface area contributed by atoms with Crippen molar-refractivity contribution < 1.29 is 5.11 Å². The van der Waals surface area contributed by atoms with Crippen molar-refractivity contribution in [2.24, 2.45) is 5.18 Å². The number of phenolic OH excluding ortho intramolecular Hbond substituents is 1. The molecule has 0 saturated heterocycles. The Morgan fingerprint density at radius 1 is 0.842 bits per heavy atom. The first-order valence-electron chi connectivity index (χ1n) is 6.03. The van der Waals surface area contributed by atoms with E-state index in [0.29, 0.717) is 5.39 Å². The molecule has 3 heteroatoms. The minimum Gasteiger partial charge on any atom is -0.505 e. The number of nitroso groups, excluding NO2 is 1. The third-order valence-electron chi connectivity index (χ3n) is 3.72. The van der Waals surface area contributed by atoms with Gasteiger partial charge in [-0.3, -0.25) is 0 Å². The number of nitrogens with zero attached hydrogens (tertiary/aromatic N) is 1. The predicted octanol–water partition coefficient (Wildman–Crippen LogP) is 4.59. The maximum atomic E-state index is 10.9. The van der Waals surface area contributed by atoms with E-state index >= 15 is 0 Å². The van der Waals surface area contributed by atoms with E-state index in [0.717, 1.165) is 27.6 Å². The maximum absolute atomic E-state index is 10.9. The van der Waals surface area contributed by atoms with Gasteiger partial charge in [-0.1, -0.05) is 42.5 Å². The first-order valence-corrected chi connectivity index (χ1v) is 6.03.